The van der Waals surface area contributed by atoms with E-state index in [9.17, 15) is 14.9 Å². The van der Waals surface area contributed by atoms with Gasteiger partial charge in [-0.05, 0) is 26.0 Å². The van der Waals surface area contributed by atoms with Crippen LogP contribution in [-0.4, -0.2) is 15.8 Å². The first-order valence-electron chi connectivity index (χ1n) is 5.54. The van der Waals surface area contributed by atoms with Crippen molar-refractivity contribution >= 4 is 23.6 Å². The standard InChI is InChI=1S/C13H11ClN2O3/c1-8-5-10(7-17)9(2)15(8)13-4-3-11(16(18)19)6-12(13)14/h3-7H,1-2H3. The van der Waals surface area contributed by atoms with Crippen LogP contribution in [0.25, 0.3) is 5.69 Å². The number of aryl methyl sites for hydroxylation is 1. The van der Waals surface area contributed by atoms with Crippen molar-refractivity contribution < 1.29 is 9.72 Å². The highest BCUT2D eigenvalue weighted by molar-refractivity contribution is 6.32. The molecule has 0 atom stereocenters. The molecule has 0 fully saturated rings. The van der Waals surface area contributed by atoms with Crippen molar-refractivity contribution in [2.45, 2.75) is 13.8 Å². The molecular formula is C13H11ClN2O3. The average Bonchev–Trinajstić information content (AvgIpc) is 2.64. The number of halogens is 1. The molecule has 0 aliphatic heterocycles. The summed E-state index contributed by atoms with van der Waals surface area (Å²) >= 11 is 6.09. The predicted molar refractivity (Wildman–Crippen MR) is 72.3 cm³/mol. The molecule has 0 unspecified atom stereocenters. The summed E-state index contributed by atoms with van der Waals surface area (Å²) in [5.41, 5.74) is 2.73. The SMILES string of the molecule is Cc1cc(C=O)c(C)n1-c1ccc([N+](=O)[O-])cc1Cl. The number of aldehydes is 1. The van der Waals surface area contributed by atoms with Crippen molar-refractivity contribution in [3.05, 3.63) is 56.4 Å². The number of nitro groups is 1. The summed E-state index contributed by atoms with van der Waals surface area (Å²) in [4.78, 5) is 21.1. The molecule has 0 N–H and O–H groups in total. The second kappa shape index (κ2) is 4.85. The maximum Gasteiger partial charge on any atom is 0.271 e. The van der Waals surface area contributed by atoms with Crippen molar-refractivity contribution in [2.75, 3.05) is 0 Å². The number of carbonyl (C=O) groups is 1. The molecule has 0 bridgehead atoms. The Morgan fingerprint density at radius 1 is 1.32 bits per heavy atom. The molecule has 0 aliphatic rings. The molecule has 1 aromatic heterocycles. The Labute approximate surface area is 114 Å². The van der Waals surface area contributed by atoms with E-state index in [0.717, 1.165) is 17.7 Å². The van der Waals surface area contributed by atoms with Crippen molar-refractivity contribution in [1.82, 2.24) is 4.57 Å². The topological polar surface area (TPSA) is 65.1 Å². The fraction of sp³-hybridized carbons (Fsp3) is 0.154. The quantitative estimate of drug-likeness (QED) is 0.490. The highest BCUT2D eigenvalue weighted by Crippen LogP contribution is 2.29. The van der Waals surface area contributed by atoms with Gasteiger partial charge in [-0.25, -0.2) is 0 Å². The third kappa shape index (κ3) is 2.24. The molecule has 98 valence electrons. The lowest BCUT2D eigenvalue weighted by Gasteiger charge is -2.11. The number of hydrogen-bond donors (Lipinski definition) is 0. The van der Waals surface area contributed by atoms with Gasteiger partial charge in [-0.1, -0.05) is 11.6 Å². The third-order valence-electron chi connectivity index (χ3n) is 2.98. The third-order valence-corrected chi connectivity index (χ3v) is 3.28. The van der Waals surface area contributed by atoms with E-state index in [4.69, 9.17) is 11.6 Å². The van der Waals surface area contributed by atoms with Crippen LogP contribution in [0.15, 0.2) is 24.3 Å². The van der Waals surface area contributed by atoms with Gasteiger partial charge in [0.05, 0.1) is 15.6 Å². The van der Waals surface area contributed by atoms with Crippen LogP contribution in [0.4, 0.5) is 5.69 Å². The van der Waals surface area contributed by atoms with Crippen LogP contribution in [0.1, 0.15) is 21.7 Å². The van der Waals surface area contributed by atoms with Gasteiger partial charge < -0.3 is 4.57 Å². The Bertz CT molecular complexity index is 677. The Hall–Kier alpha value is -2.14. The zero-order valence-electron chi connectivity index (χ0n) is 10.4. The average molecular weight is 279 g/mol. The number of rotatable bonds is 3. The van der Waals surface area contributed by atoms with Gasteiger partial charge in [0.1, 0.15) is 0 Å². The van der Waals surface area contributed by atoms with E-state index >= 15 is 0 Å². The molecule has 0 saturated carbocycles. The molecular weight excluding hydrogens is 268 g/mol. The molecule has 19 heavy (non-hydrogen) atoms. The van der Waals surface area contributed by atoms with E-state index < -0.39 is 4.92 Å². The van der Waals surface area contributed by atoms with E-state index in [1.807, 2.05) is 6.92 Å². The first kappa shape index (κ1) is 13.3. The molecule has 2 aromatic rings. The van der Waals surface area contributed by atoms with Gasteiger partial charge in [0.25, 0.3) is 5.69 Å². The molecule has 0 amide bonds. The van der Waals surface area contributed by atoms with Gasteiger partial charge in [-0.3, -0.25) is 14.9 Å². The highest BCUT2D eigenvalue weighted by atomic mass is 35.5. The van der Waals surface area contributed by atoms with E-state index in [-0.39, 0.29) is 10.7 Å². The van der Waals surface area contributed by atoms with Crippen LogP contribution < -0.4 is 0 Å². The second-order valence-corrected chi connectivity index (χ2v) is 4.58. The lowest BCUT2D eigenvalue weighted by atomic mass is 10.2. The molecule has 6 heteroatoms. The Morgan fingerprint density at radius 3 is 2.47 bits per heavy atom. The molecule has 1 aromatic carbocycles. The lowest BCUT2D eigenvalue weighted by Crippen LogP contribution is -2.01. The molecule has 0 saturated heterocycles. The molecule has 0 radical (unpaired) electrons. The normalized spacial score (nSPS) is 10.5. The summed E-state index contributed by atoms with van der Waals surface area (Å²) < 4.78 is 1.80. The summed E-state index contributed by atoms with van der Waals surface area (Å²) in [7, 11) is 0. The van der Waals surface area contributed by atoms with Crippen molar-refractivity contribution in [1.29, 1.82) is 0 Å². The summed E-state index contributed by atoms with van der Waals surface area (Å²) in [6.07, 6.45) is 0.776. The Morgan fingerprint density at radius 2 is 2.00 bits per heavy atom. The Kier molecular flexibility index (Phi) is 3.40. The first-order valence-corrected chi connectivity index (χ1v) is 5.92. The minimum absolute atomic E-state index is 0.0631. The minimum Gasteiger partial charge on any atom is -0.316 e. The molecule has 0 aliphatic carbocycles. The molecule has 1 heterocycles. The fourth-order valence-electron chi connectivity index (χ4n) is 2.07. The molecule has 5 nitrogen and oxygen atoms in total. The summed E-state index contributed by atoms with van der Waals surface area (Å²) in [5, 5.41) is 11.0. The zero-order chi connectivity index (χ0) is 14.2. The number of nitrogens with zero attached hydrogens (tertiary/aromatic N) is 2. The number of aromatic nitrogens is 1. The number of benzene rings is 1. The smallest absolute Gasteiger partial charge is 0.271 e. The van der Waals surface area contributed by atoms with E-state index in [0.29, 0.717) is 11.3 Å². The van der Waals surface area contributed by atoms with E-state index in [2.05, 4.69) is 0 Å². The van der Waals surface area contributed by atoms with Crippen LogP contribution in [0, 0.1) is 24.0 Å². The van der Waals surface area contributed by atoms with Gasteiger partial charge in [0.2, 0.25) is 0 Å². The second-order valence-electron chi connectivity index (χ2n) is 4.17. The van der Waals surface area contributed by atoms with Gasteiger partial charge in [0, 0.05) is 29.1 Å². The maximum absolute atomic E-state index is 10.9. The van der Waals surface area contributed by atoms with Crippen molar-refractivity contribution in [3.63, 3.8) is 0 Å². The fourth-order valence-corrected chi connectivity index (χ4v) is 2.33. The summed E-state index contributed by atoms with van der Waals surface area (Å²) in [6.45, 7) is 3.65. The van der Waals surface area contributed by atoms with Crippen molar-refractivity contribution in [3.8, 4) is 5.69 Å². The van der Waals surface area contributed by atoms with Crippen LogP contribution in [-0.2, 0) is 0 Å². The predicted octanol–water partition coefficient (Wildman–Crippen LogP) is 3.47. The van der Waals surface area contributed by atoms with Crippen LogP contribution in [0.2, 0.25) is 5.02 Å². The highest BCUT2D eigenvalue weighted by Gasteiger charge is 2.15. The van der Waals surface area contributed by atoms with E-state index in [1.54, 1.807) is 23.6 Å². The van der Waals surface area contributed by atoms with Crippen LogP contribution in [0.3, 0.4) is 0 Å². The molecule has 2 rings (SSSR count). The Balaban J connectivity index is 2.63. The monoisotopic (exact) mass is 278 g/mol. The van der Waals surface area contributed by atoms with Crippen molar-refractivity contribution in [2.24, 2.45) is 0 Å². The summed E-state index contributed by atoms with van der Waals surface area (Å²) in [6, 6.07) is 6.02. The lowest BCUT2D eigenvalue weighted by molar-refractivity contribution is -0.384. The number of hydrogen-bond acceptors (Lipinski definition) is 3. The van der Waals surface area contributed by atoms with Gasteiger partial charge >= 0.3 is 0 Å². The first-order chi connectivity index (χ1) is 8.95. The largest absolute Gasteiger partial charge is 0.316 e. The molecule has 0 spiro atoms. The maximum atomic E-state index is 10.9. The van der Waals surface area contributed by atoms with Gasteiger partial charge in [-0.15, -0.1) is 0 Å². The minimum atomic E-state index is -0.498. The van der Waals surface area contributed by atoms with Crippen LogP contribution in [0.5, 0.6) is 0 Å². The van der Waals surface area contributed by atoms with E-state index in [1.165, 1.54) is 12.1 Å². The number of carbonyl (C=O) groups excluding carboxylic acids is 1. The number of non-ortho nitro benzene ring substituents is 1. The van der Waals surface area contributed by atoms with Gasteiger partial charge in [0.15, 0.2) is 6.29 Å². The summed E-state index contributed by atoms with van der Waals surface area (Å²) in [5.74, 6) is 0. The van der Waals surface area contributed by atoms with Crippen LogP contribution >= 0.6 is 11.6 Å². The van der Waals surface area contributed by atoms with Gasteiger partial charge in [-0.2, -0.15) is 0 Å². The zero-order valence-corrected chi connectivity index (χ0v) is 11.1. The number of nitro benzene ring substituents is 1.